The predicted molar refractivity (Wildman–Crippen MR) is 54.6 cm³/mol. The first kappa shape index (κ1) is 10.5. The molecule has 0 aromatic heterocycles. The molecule has 0 fully saturated rings. The van der Waals surface area contributed by atoms with E-state index < -0.39 is 0 Å². The molecule has 0 amide bonds. The lowest BCUT2D eigenvalue weighted by Gasteiger charge is -2.06. The van der Waals surface area contributed by atoms with Crippen LogP contribution in [0.4, 0.5) is 4.39 Å². The number of hydrogen-bond donors (Lipinski definition) is 0. The summed E-state index contributed by atoms with van der Waals surface area (Å²) in [5.41, 5.74) is 1.18. The number of halogens is 2. The van der Waals surface area contributed by atoms with Crippen molar-refractivity contribution in [2.75, 3.05) is 5.88 Å². The zero-order valence-electron chi connectivity index (χ0n) is 7.76. The molecule has 0 saturated carbocycles. The molecule has 1 atom stereocenters. The van der Waals surface area contributed by atoms with E-state index in [1.54, 1.807) is 0 Å². The molecule has 0 bridgehead atoms. The van der Waals surface area contributed by atoms with Crippen LogP contribution in [0.25, 0.3) is 0 Å². The molecule has 0 heterocycles. The lowest BCUT2D eigenvalue weighted by atomic mass is 10.0. The summed E-state index contributed by atoms with van der Waals surface area (Å²) in [6, 6.07) is 6.66. The van der Waals surface area contributed by atoms with Gasteiger partial charge in [0, 0.05) is 5.88 Å². The number of alkyl halides is 1. The lowest BCUT2D eigenvalue weighted by molar-refractivity contribution is 0.590. The third-order valence-corrected chi connectivity index (χ3v) is 2.63. The van der Waals surface area contributed by atoms with Gasteiger partial charge in [-0.3, -0.25) is 0 Å². The van der Waals surface area contributed by atoms with E-state index in [1.807, 2.05) is 12.1 Å². The number of aryl methyl sites for hydroxylation is 1. The van der Waals surface area contributed by atoms with Gasteiger partial charge in [-0.1, -0.05) is 19.1 Å². The summed E-state index contributed by atoms with van der Waals surface area (Å²) >= 11 is 5.68. The summed E-state index contributed by atoms with van der Waals surface area (Å²) in [5.74, 6) is 1.06. The third kappa shape index (κ3) is 3.77. The standard InChI is InChI=1S/C11H14ClF/c1-9(8-12)2-3-10-4-6-11(13)7-5-10/h4-7,9H,2-3,8H2,1H3. The van der Waals surface area contributed by atoms with E-state index in [0.717, 1.165) is 12.8 Å². The highest BCUT2D eigenvalue weighted by atomic mass is 35.5. The Morgan fingerprint density at radius 1 is 1.31 bits per heavy atom. The average molecular weight is 201 g/mol. The van der Waals surface area contributed by atoms with Gasteiger partial charge in [-0.25, -0.2) is 4.39 Å². The second-order valence-corrected chi connectivity index (χ2v) is 3.73. The molecular weight excluding hydrogens is 187 g/mol. The van der Waals surface area contributed by atoms with Crippen LogP contribution < -0.4 is 0 Å². The van der Waals surface area contributed by atoms with Crippen molar-refractivity contribution < 1.29 is 4.39 Å². The fourth-order valence-electron chi connectivity index (χ4n) is 1.14. The van der Waals surface area contributed by atoms with Crippen molar-refractivity contribution >= 4 is 11.6 Å². The summed E-state index contributed by atoms with van der Waals surface area (Å²) < 4.78 is 12.5. The highest BCUT2D eigenvalue weighted by molar-refractivity contribution is 6.18. The third-order valence-electron chi connectivity index (χ3n) is 2.10. The second kappa shape index (κ2) is 5.23. The largest absolute Gasteiger partial charge is 0.207 e. The monoisotopic (exact) mass is 200 g/mol. The van der Waals surface area contributed by atoms with Gasteiger partial charge in [0.1, 0.15) is 5.82 Å². The van der Waals surface area contributed by atoms with E-state index in [0.29, 0.717) is 11.8 Å². The van der Waals surface area contributed by atoms with Crippen LogP contribution in [-0.2, 0) is 6.42 Å². The van der Waals surface area contributed by atoms with Crippen molar-refractivity contribution in [2.24, 2.45) is 5.92 Å². The quantitative estimate of drug-likeness (QED) is 0.652. The Labute approximate surface area is 83.7 Å². The molecule has 0 saturated heterocycles. The molecule has 0 aliphatic rings. The van der Waals surface area contributed by atoms with Crippen molar-refractivity contribution in [3.05, 3.63) is 35.6 Å². The minimum atomic E-state index is -0.172. The molecule has 0 N–H and O–H groups in total. The summed E-state index contributed by atoms with van der Waals surface area (Å²) in [5, 5.41) is 0. The number of benzene rings is 1. The van der Waals surface area contributed by atoms with Crippen molar-refractivity contribution in [3.8, 4) is 0 Å². The molecule has 0 spiro atoms. The van der Waals surface area contributed by atoms with Crippen LogP contribution in [0.15, 0.2) is 24.3 Å². The SMILES string of the molecule is CC(CCl)CCc1ccc(F)cc1. The Morgan fingerprint density at radius 2 is 1.92 bits per heavy atom. The van der Waals surface area contributed by atoms with Crippen molar-refractivity contribution in [1.29, 1.82) is 0 Å². The molecular formula is C11H14ClF. The molecule has 13 heavy (non-hydrogen) atoms. The molecule has 1 aromatic rings. The van der Waals surface area contributed by atoms with Crippen LogP contribution >= 0.6 is 11.6 Å². The van der Waals surface area contributed by atoms with Crippen LogP contribution in [-0.4, -0.2) is 5.88 Å². The Morgan fingerprint density at radius 3 is 2.46 bits per heavy atom. The average Bonchev–Trinajstić information content (AvgIpc) is 2.16. The van der Waals surface area contributed by atoms with Gasteiger partial charge >= 0.3 is 0 Å². The van der Waals surface area contributed by atoms with Crippen LogP contribution in [0.5, 0.6) is 0 Å². The highest BCUT2D eigenvalue weighted by Crippen LogP contribution is 2.11. The molecule has 0 aliphatic carbocycles. The topological polar surface area (TPSA) is 0 Å². The summed E-state index contributed by atoms with van der Waals surface area (Å²) in [6.07, 6.45) is 2.04. The van der Waals surface area contributed by atoms with Gasteiger partial charge in [-0.05, 0) is 36.5 Å². The van der Waals surface area contributed by atoms with Crippen LogP contribution in [0.3, 0.4) is 0 Å². The molecule has 1 rings (SSSR count). The lowest BCUT2D eigenvalue weighted by Crippen LogP contribution is -1.98. The van der Waals surface area contributed by atoms with Gasteiger partial charge in [-0.2, -0.15) is 0 Å². The Balaban J connectivity index is 2.41. The van der Waals surface area contributed by atoms with Crippen LogP contribution in [0, 0.1) is 11.7 Å². The van der Waals surface area contributed by atoms with Gasteiger partial charge in [-0.15, -0.1) is 11.6 Å². The maximum atomic E-state index is 12.5. The fourth-order valence-corrected chi connectivity index (χ4v) is 1.30. The van der Waals surface area contributed by atoms with Gasteiger partial charge in [0.05, 0.1) is 0 Å². The summed E-state index contributed by atoms with van der Waals surface area (Å²) in [7, 11) is 0. The first-order chi connectivity index (χ1) is 6.22. The molecule has 0 aliphatic heterocycles. The molecule has 72 valence electrons. The normalized spacial score (nSPS) is 12.8. The maximum absolute atomic E-state index is 12.5. The molecule has 0 nitrogen and oxygen atoms in total. The molecule has 1 aromatic carbocycles. The first-order valence-electron chi connectivity index (χ1n) is 4.53. The second-order valence-electron chi connectivity index (χ2n) is 3.42. The predicted octanol–water partition coefficient (Wildman–Crippen LogP) is 3.63. The Hall–Kier alpha value is -0.560. The number of hydrogen-bond acceptors (Lipinski definition) is 0. The zero-order chi connectivity index (χ0) is 9.68. The molecule has 2 heteroatoms. The maximum Gasteiger partial charge on any atom is 0.123 e. The van der Waals surface area contributed by atoms with E-state index in [4.69, 9.17) is 11.6 Å². The van der Waals surface area contributed by atoms with E-state index in [-0.39, 0.29) is 5.82 Å². The zero-order valence-corrected chi connectivity index (χ0v) is 8.52. The first-order valence-corrected chi connectivity index (χ1v) is 5.06. The van der Waals surface area contributed by atoms with Crippen LogP contribution in [0.1, 0.15) is 18.9 Å². The minimum absolute atomic E-state index is 0.172. The smallest absolute Gasteiger partial charge is 0.123 e. The molecule has 0 radical (unpaired) electrons. The Bertz CT molecular complexity index is 243. The van der Waals surface area contributed by atoms with Gasteiger partial charge in [0.2, 0.25) is 0 Å². The number of rotatable bonds is 4. The van der Waals surface area contributed by atoms with E-state index in [9.17, 15) is 4.39 Å². The highest BCUT2D eigenvalue weighted by Gasteiger charge is 2.00. The van der Waals surface area contributed by atoms with Gasteiger partial charge in [0.15, 0.2) is 0 Å². The van der Waals surface area contributed by atoms with Gasteiger partial charge < -0.3 is 0 Å². The minimum Gasteiger partial charge on any atom is -0.207 e. The van der Waals surface area contributed by atoms with Crippen LogP contribution in [0.2, 0.25) is 0 Å². The van der Waals surface area contributed by atoms with Gasteiger partial charge in [0.25, 0.3) is 0 Å². The Kier molecular flexibility index (Phi) is 4.23. The summed E-state index contributed by atoms with van der Waals surface area (Å²) in [6.45, 7) is 2.12. The van der Waals surface area contributed by atoms with E-state index in [2.05, 4.69) is 6.92 Å². The molecule has 1 unspecified atom stereocenters. The van der Waals surface area contributed by atoms with E-state index >= 15 is 0 Å². The summed E-state index contributed by atoms with van der Waals surface area (Å²) in [4.78, 5) is 0. The van der Waals surface area contributed by atoms with Crippen molar-refractivity contribution in [2.45, 2.75) is 19.8 Å². The van der Waals surface area contributed by atoms with Crippen molar-refractivity contribution in [1.82, 2.24) is 0 Å². The van der Waals surface area contributed by atoms with E-state index in [1.165, 1.54) is 17.7 Å². The fraction of sp³-hybridized carbons (Fsp3) is 0.455. The van der Waals surface area contributed by atoms with Crippen molar-refractivity contribution in [3.63, 3.8) is 0 Å².